The zero-order valence-corrected chi connectivity index (χ0v) is 8.95. The molecule has 1 radical (unpaired) electrons. The van der Waals surface area contributed by atoms with E-state index in [4.69, 9.17) is 17.5 Å². The van der Waals surface area contributed by atoms with Gasteiger partial charge in [-0.2, -0.15) is 0 Å². The molecule has 0 N–H and O–H groups in total. The van der Waals surface area contributed by atoms with Crippen molar-refractivity contribution in [2.75, 3.05) is 0 Å². The molecule has 0 rings (SSSR count). The maximum Gasteiger partial charge on any atom is 1.00 e. The van der Waals surface area contributed by atoms with Gasteiger partial charge in [0.05, 0.1) is 0 Å². The van der Waals surface area contributed by atoms with Gasteiger partial charge in [0.1, 0.15) is 0 Å². The molecule has 0 fully saturated rings. The summed E-state index contributed by atoms with van der Waals surface area (Å²) in [5.74, 6) is 0. The Morgan fingerprint density at radius 2 is 1.14 bits per heavy atom. The number of rotatable bonds is 0. The van der Waals surface area contributed by atoms with Gasteiger partial charge >= 0.3 is 29.6 Å². The minimum atomic E-state index is -5.17. The van der Waals surface area contributed by atoms with Crippen molar-refractivity contribution in [1.82, 2.24) is 0 Å². The summed E-state index contributed by atoms with van der Waals surface area (Å²) in [4.78, 5) is 0. The van der Waals surface area contributed by atoms with Crippen LogP contribution in [0.5, 0.6) is 0 Å². The van der Waals surface area contributed by atoms with Gasteiger partial charge in [0, 0.05) is 30.8 Å². The summed E-state index contributed by atoms with van der Waals surface area (Å²) in [5, 5.41) is 0. The third kappa shape index (κ3) is 98.2. The Labute approximate surface area is 77.2 Å². The maximum atomic E-state index is 8.52. The second-order valence-corrected chi connectivity index (χ2v) is 1.22. The van der Waals surface area contributed by atoms with Gasteiger partial charge in [-0.15, -0.1) is 0 Å². The molecule has 4 nitrogen and oxygen atoms in total. The molecule has 0 aliphatic heterocycles. The number of hydrogen-bond donors (Lipinski definition) is 0. The van der Waals surface area contributed by atoms with Crippen molar-refractivity contribution in [3.8, 4) is 0 Å². The normalized spacial score (nSPS) is 8.29. The van der Waals surface area contributed by atoms with Crippen molar-refractivity contribution in [1.29, 1.82) is 0 Å². The molecular weight excluding hydrogens is 305 g/mol. The van der Waals surface area contributed by atoms with E-state index in [1.54, 1.807) is 0 Å². The molecule has 0 saturated carbocycles. The van der Waals surface area contributed by atoms with Crippen LogP contribution in [0.2, 0.25) is 0 Å². The van der Waals surface area contributed by atoms with Crippen molar-refractivity contribution in [3.05, 3.63) is 0 Å². The first kappa shape index (κ1) is 15.8. The summed E-state index contributed by atoms with van der Waals surface area (Å²) in [5.41, 5.74) is 0. The molecule has 0 amide bonds. The van der Waals surface area contributed by atoms with Gasteiger partial charge < -0.3 is 9.11 Å². The fourth-order valence-electron chi connectivity index (χ4n) is 0. The van der Waals surface area contributed by atoms with Crippen LogP contribution in [-0.2, 0) is 30.8 Å². The van der Waals surface area contributed by atoms with Crippen LogP contribution in [0.1, 0.15) is 0 Å². The van der Waals surface area contributed by atoms with Gasteiger partial charge in [-0.05, 0) is 0 Å². The van der Waals surface area contributed by atoms with Crippen LogP contribution in [0, 0.1) is 0 Å². The summed E-state index contributed by atoms with van der Waals surface area (Å²) in [6, 6.07) is 0. The van der Waals surface area contributed by atoms with E-state index < -0.39 is 10.4 Å². The Bertz CT molecular complexity index is 94.9. The van der Waals surface area contributed by atoms with Crippen LogP contribution in [0.3, 0.4) is 0 Å². The molecule has 0 aliphatic carbocycles. The molecule has 7 heavy (non-hydrogen) atoms. The van der Waals surface area contributed by atoms with Gasteiger partial charge in [0.15, 0.2) is 0 Å². The van der Waals surface area contributed by atoms with Crippen molar-refractivity contribution in [3.63, 3.8) is 0 Å². The zero-order chi connectivity index (χ0) is 4.50. The number of hydrogen-bond acceptors (Lipinski definition) is 4. The summed E-state index contributed by atoms with van der Waals surface area (Å²) in [7, 11) is -5.17. The van der Waals surface area contributed by atoms with Gasteiger partial charge in [0.2, 0.25) is 0 Å². The Balaban J connectivity index is -0.0000000800. The first-order valence-corrected chi connectivity index (χ1v) is 2.00. The molecule has 39 valence electrons. The average molecular weight is 305 g/mol. The van der Waals surface area contributed by atoms with E-state index in [1.807, 2.05) is 0 Å². The Kier molecular flexibility index (Phi) is 12.8. The molecule has 0 atom stereocenters. The SMILES string of the molecule is O=S(=O)([O-])[O-].[Na+].[Re]. The van der Waals surface area contributed by atoms with Crippen LogP contribution >= 0.6 is 0 Å². The summed E-state index contributed by atoms with van der Waals surface area (Å²) >= 11 is 0. The molecule has 0 saturated heterocycles. The molecule has 7 heteroatoms. The molecule has 0 bridgehead atoms. The molecule has 0 aromatic carbocycles. The van der Waals surface area contributed by atoms with E-state index in [2.05, 4.69) is 0 Å². The molecule has 0 aromatic rings. The standard InChI is InChI=1S/Na.H2O4S.Re/c;1-5(2,3)4;/h;(H2,1,2,3,4);/q+1;;/p-2. The van der Waals surface area contributed by atoms with Crippen molar-refractivity contribution in [2.45, 2.75) is 0 Å². The first-order valence-electron chi connectivity index (χ1n) is 0.667. The van der Waals surface area contributed by atoms with Crippen molar-refractivity contribution < 1.29 is 67.5 Å². The molecular formula is NaO4ReS-. The zero-order valence-electron chi connectivity index (χ0n) is 3.42. The van der Waals surface area contributed by atoms with Crippen LogP contribution in [0.4, 0.5) is 0 Å². The fraction of sp³-hybridized carbons (Fsp3) is 0. The quantitative estimate of drug-likeness (QED) is 0.257. The molecule has 0 spiro atoms. The van der Waals surface area contributed by atoms with E-state index in [0.29, 0.717) is 0 Å². The van der Waals surface area contributed by atoms with Gasteiger partial charge in [-0.1, -0.05) is 0 Å². The average Bonchev–Trinajstić information content (AvgIpc) is 0.722. The van der Waals surface area contributed by atoms with Crippen molar-refractivity contribution in [2.24, 2.45) is 0 Å². The second kappa shape index (κ2) is 5.67. The third-order valence-corrected chi connectivity index (χ3v) is 0. The predicted octanol–water partition coefficient (Wildman–Crippen LogP) is -4.34. The molecule has 0 aromatic heterocycles. The monoisotopic (exact) mass is 306 g/mol. The predicted molar refractivity (Wildman–Crippen MR) is 10.5 cm³/mol. The fourth-order valence-corrected chi connectivity index (χ4v) is 0. The van der Waals surface area contributed by atoms with E-state index >= 15 is 0 Å². The molecule has 0 unspecified atom stereocenters. The van der Waals surface area contributed by atoms with Crippen LogP contribution in [-0.4, -0.2) is 17.5 Å². The largest absolute Gasteiger partial charge is 1.00 e. The minimum Gasteiger partial charge on any atom is -0.759 e. The minimum absolute atomic E-state index is 0. The third-order valence-electron chi connectivity index (χ3n) is 0. The Morgan fingerprint density at radius 3 is 1.14 bits per heavy atom. The molecule has 0 heterocycles. The van der Waals surface area contributed by atoms with Crippen LogP contribution < -0.4 is 29.6 Å². The first-order chi connectivity index (χ1) is 2.00. The van der Waals surface area contributed by atoms with E-state index in [9.17, 15) is 0 Å². The Hall–Kier alpha value is 1.53. The van der Waals surface area contributed by atoms with Crippen LogP contribution in [0.25, 0.3) is 0 Å². The second-order valence-electron chi connectivity index (χ2n) is 0.408. The van der Waals surface area contributed by atoms with Gasteiger partial charge in [-0.25, -0.2) is 0 Å². The topological polar surface area (TPSA) is 80.3 Å². The van der Waals surface area contributed by atoms with E-state index in [0.717, 1.165) is 0 Å². The van der Waals surface area contributed by atoms with Gasteiger partial charge in [0.25, 0.3) is 0 Å². The van der Waals surface area contributed by atoms with Crippen LogP contribution in [0.15, 0.2) is 0 Å². The summed E-state index contributed by atoms with van der Waals surface area (Å²) in [6.07, 6.45) is 0. The molecule has 0 aliphatic rings. The van der Waals surface area contributed by atoms with E-state index in [-0.39, 0.29) is 50.0 Å². The van der Waals surface area contributed by atoms with Crippen molar-refractivity contribution >= 4 is 10.4 Å². The maximum absolute atomic E-state index is 8.52. The smallest absolute Gasteiger partial charge is 0.759 e. The van der Waals surface area contributed by atoms with Gasteiger partial charge in [-0.3, -0.25) is 8.42 Å². The summed E-state index contributed by atoms with van der Waals surface area (Å²) < 4.78 is 34.1. The van der Waals surface area contributed by atoms with E-state index in [1.165, 1.54) is 0 Å². The Morgan fingerprint density at radius 1 is 1.14 bits per heavy atom. The summed E-state index contributed by atoms with van der Waals surface area (Å²) in [6.45, 7) is 0.